The summed E-state index contributed by atoms with van der Waals surface area (Å²) in [6.07, 6.45) is 6.76. The van der Waals surface area contributed by atoms with Gasteiger partial charge in [0.1, 0.15) is 0 Å². The van der Waals surface area contributed by atoms with Gasteiger partial charge in [-0.1, -0.05) is 25.8 Å². The van der Waals surface area contributed by atoms with Crippen molar-refractivity contribution in [3.63, 3.8) is 0 Å². The van der Waals surface area contributed by atoms with Crippen LogP contribution in [0.2, 0.25) is 0 Å². The third-order valence-corrected chi connectivity index (χ3v) is 7.20. The SMILES string of the molecule is CCC1CC(C/C(C)=C/S2(C)CC2)C1C. The van der Waals surface area contributed by atoms with Gasteiger partial charge in [0.25, 0.3) is 0 Å². The minimum Gasteiger partial charge on any atom is -0.223 e. The van der Waals surface area contributed by atoms with Crippen molar-refractivity contribution < 1.29 is 0 Å². The highest BCUT2D eigenvalue weighted by Gasteiger charge is 2.36. The van der Waals surface area contributed by atoms with Gasteiger partial charge in [-0.2, -0.15) is 0 Å². The molecular formula is C14H26S. The molecule has 0 N–H and O–H groups in total. The molecule has 0 nitrogen and oxygen atoms in total. The third kappa shape index (κ3) is 2.61. The van der Waals surface area contributed by atoms with Gasteiger partial charge in [0.15, 0.2) is 0 Å². The van der Waals surface area contributed by atoms with E-state index in [0.717, 1.165) is 17.8 Å². The fourth-order valence-electron chi connectivity index (χ4n) is 3.01. The Labute approximate surface area is 96.8 Å². The average molecular weight is 226 g/mol. The van der Waals surface area contributed by atoms with Crippen LogP contribution in [0.5, 0.6) is 0 Å². The second kappa shape index (κ2) is 4.16. The molecule has 3 atom stereocenters. The number of rotatable bonds is 4. The van der Waals surface area contributed by atoms with E-state index in [1.807, 2.05) is 0 Å². The van der Waals surface area contributed by atoms with Crippen molar-refractivity contribution in [3.05, 3.63) is 11.0 Å². The van der Waals surface area contributed by atoms with Gasteiger partial charge in [-0.25, -0.2) is 10.0 Å². The molecule has 3 unspecified atom stereocenters. The second-order valence-corrected chi connectivity index (χ2v) is 9.70. The van der Waals surface area contributed by atoms with Gasteiger partial charge in [0.2, 0.25) is 0 Å². The van der Waals surface area contributed by atoms with Gasteiger partial charge in [0, 0.05) is 0 Å². The standard InChI is InChI=1S/C14H26S/c1-5-13-9-14(12(13)3)8-11(2)10-15(4)6-7-15/h10,12-14H,5-9H2,1-4H3/b11-10+. The molecule has 2 aliphatic rings. The molecule has 1 heterocycles. The van der Waals surface area contributed by atoms with Crippen LogP contribution in [-0.2, 0) is 0 Å². The summed E-state index contributed by atoms with van der Waals surface area (Å²) in [5.41, 5.74) is 1.69. The molecule has 0 aromatic rings. The predicted octanol–water partition coefficient (Wildman–Crippen LogP) is 4.41. The molecule has 0 aromatic carbocycles. The largest absolute Gasteiger partial charge is 0.223 e. The zero-order valence-electron chi connectivity index (χ0n) is 10.8. The first-order chi connectivity index (χ1) is 7.04. The minimum atomic E-state index is -0.202. The summed E-state index contributed by atoms with van der Waals surface area (Å²) in [4.78, 5) is 0. The van der Waals surface area contributed by atoms with Crippen LogP contribution >= 0.6 is 10.0 Å². The predicted molar refractivity (Wildman–Crippen MR) is 72.7 cm³/mol. The maximum Gasteiger partial charge on any atom is -0.0116 e. The monoisotopic (exact) mass is 226 g/mol. The van der Waals surface area contributed by atoms with E-state index in [2.05, 4.69) is 32.4 Å². The summed E-state index contributed by atoms with van der Waals surface area (Å²) < 4.78 is 0. The Morgan fingerprint density at radius 1 is 1.33 bits per heavy atom. The lowest BCUT2D eigenvalue weighted by atomic mass is 9.63. The van der Waals surface area contributed by atoms with Crippen molar-refractivity contribution in [3.8, 4) is 0 Å². The molecule has 88 valence electrons. The summed E-state index contributed by atoms with van der Waals surface area (Å²) in [7, 11) is -0.202. The van der Waals surface area contributed by atoms with E-state index in [9.17, 15) is 0 Å². The van der Waals surface area contributed by atoms with Crippen LogP contribution < -0.4 is 0 Å². The highest BCUT2D eigenvalue weighted by molar-refractivity contribution is 8.41. The van der Waals surface area contributed by atoms with Crippen LogP contribution in [-0.4, -0.2) is 17.8 Å². The second-order valence-electron chi connectivity index (χ2n) is 5.95. The Morgan fingerprint density at radius 2 is 2.00 bits per heavy atom. The molecule has 15 heavy (non-hydrogen) atoms. The van der Waals surface area contributed by atoms with Gasteiger partial charge in [-0.05, 0) is 60.7 Å². The van der Waals surface area contributed by atoms with Crippen LogP contribution in [0.15, 0.2) is 11.0 Å². The van der Waals surface area contributed by atoms with Crippen molar-refractivity contribution in [1.29, 1.82) is 0 Å². The quantitative estimate of drug-likeness (QED) is 0.623. The maximum atomic E-state index is 2.64. The van der Waals surface area contributed by atoms with Crippen LogP contribution in [0.4, 0.5) is 0 Å². The smallest absolute Gasteiger partial charge is 0.0116 e. The van der Waals surface area contributed by atoms with Crippen LogP contribution in [0.1, 0.15) is 40.0 Å². The summed E-state index contributed by atoms with van der Waals surface area (Å²) in [6.45, 7) is 7.17. The van der Waals surface area contributed by atoms with Crippen molar-refractivity contribution in [1.82, 2.24) is 0 Å². The van der Waals surface area contributed by atoms with E-state index in [1.165, 1.54) is 30.8 Å². The summed E-state index contributed by atoms with van der Waals surface area (Å²) >= 11 is 0. The molecule has 0 spiro atoms. The molecular weight excluding hydrogens is 200 g/mol. The molecule has 0 amide bonds. The first-order valence-electron chi connectivity index (χ1n) is 6.45. The van der Waals surface area contributed by atoms with E-state index in [4.69, 9.17) is 0 Å². The number of hydrogen-bond donors (Lipinski definition) is 0. The highest BCUT2D eigenvalue weighted by Crippen LogP contribution is 2.60. The molecule has 1 saturated carbocycles. The molecule has 0 radical (unpaired) electrons. The summed E-state index contributed by atoms with van der Waals surface area (Å²) in [5.74, 6) is 6.03. The lowest BCUT2D eigenvalue weighted by Crippen LogP contribution is -2.34. The van der Waals surface area contributed by atoms with E-state index in [1.54, 1.807) is 5.57 Å². The highest BCUT2D eigenvalue weighted by atomic mass is 32.3. The number of hydrogen-bond acceptors (Lipinski definition) is 0. The summed E-state index contributed by atoms with van der Waals surface area (Å²) in [6, 6.07) is 0. The van der Waals surface area contributed by atoms with Crippen molar-refractivity contribution >= 4 is 10.0 Å². The Hall–Kier alpha value is 0.0900. The topological polar surface area (TPSA) is 0 Å². The maximum absolute atomic E-state index is 2.64. The lowest BCUT2D eigenvalue weighted by Gasteiger charge is -2.43. The molecule has 0 bridgehead atoms. The molecule has 1 heteroatoms. The van der Waals surface area contributed by atoms with Crippen molar-refractivity contribution in [2.45, 2.75) is 40.0 Å². The molecule has 1 aliphatic heterocycles. The van der Waals surface area contributed by atoms with E-state index in [-0.39, 0.29) is 10.0 Å². The Balaban J connectivity index is 1.81. The Kier molecular flexibility index (Phi) is 3.21. The Bertz CT molecular complexity index is 263. The van der Waals surface area contributed by atoms with Gasteiger partial charge in [0.05, 0.1) is 0 Å². The van der Waals surface area contributed by atoms with Crippen molar-refractivity contribution in [2.24, 2.45) is 17.8 Å². The molecule has 2 fully saturated rings. The first-order valence-corrected chi connectivity index (χ1v) is 8.89. The fraction of sp³-hybridized carbons (Fsp3) is 0.857. The van der Waals surface area contributed by atoms with Crippen LogP contribution in [0, 0.1) is 17.8 Å². The number of allylic oxidation sites excluding steroid dienone is 1. The fourth-order valence-corrected chi connectivity index (χ4v) is 5.37. The van der Waals surface area contributed by atoms with Crippen LogP contribution in [0.25, 0.3) is 0 Å². The lowest BCUT2D eigenvalue weighted by molar-refractivity contribution is 0.0845. The third-order valence-electron chi connectivity index (χ3n) is 4.53. The van der Waals surface area contributed by atoms with Gasteiger partial charge in [-0.3, -0.25) is 0 Å². The molecule has 0 aromatic heterocycles. The molecule has 2 rings (SSSR count). The first kappa shape index (κ1) is 11.6. The van der Waals surface area contributed by atoms with E-state index >= 15 is 0 Å². The minimum absolute atomic E-state index is 0.202. The van der Waals surface area contributed by atoms with E-state index in [0.29, 0.717) is 0 Å². The zero-order chi connectivity index (χ0) is 11.1. The van der Waals surface area contributed by atoms with Crippen molar-refractivity contribution in [2.75, 3.05) is 17.8 Å². The van der Waals surface area contributed by atoms with Gasteiger partial charge >= 0.3 is 0 Å². The molecule has 1 saturated heterocycles. The average Bonchev–Trinajstić information content (AvgIpc) is 2.89. The summed E-state index contributed by atoms with van der Waals surface area (Å²) in [5, 5.41) is 2.64. The molecule has 1 aliphatic carbocycles. The Morgan fingerprint density at radius 3 is 2.47 bits per heavy atom. The zero-order valence-corrected chi connectivity index (χ0v) is 11.6. The van der Waals surface area contributed by atoms with Gasteiger partial charge in [-0.15, -0.1) is 0 Å². The van der Waals surface area contributed by atoms with Crippen LogP contribution in [0.3, 0.4) is 0 Å². The van der Waals surface area contributed by atoms with E-state index < -0.39 is 0 Å². The normalized spacial score (nSPS) is 40.8. The van der Waals surface area contributed by atoms with Gasteiger partial charge < -0.3 is 0 Å².